The maximum absolute atomic E-state index is 13.0. The largest absolute Gasteiger partial charge is 0.354 e. The van der Waals surface area contributed by atoms with Gasteiger partial charge in [0, 0.05) is 30.2 Å². The molecule has 0 bridgehead atoms. The number of nitrogens with zero attached hydrogens (tertiary/aromatic N) is 1. The van der Waals surface area contributed by atoms with E-state index >= 15 is 0 Å². The minimum absolute atomic E-state index is 0.159. The third-order valence-corrected chi connectivity index (χ3v) is 3.57. The van der Waals surface area contributed by atoms with Gasteiger partial charge in [0.25, 0.3) is 5.91 Å². The summed E-state index contributed by atoms with van der Waals surface area (Å²) in [6, 6.07) is 14.3. The molecule has 0 aliphatic carbocycles. The fraction of sp³-hybridized carbons (Fsp3) is 0.0500. The minimum atomic E-state index is -0.373. The van der Waals surface area contributed by atoms with Gasteiger partial charge < -0.3 is 16.0 Å². The van der Waals surface area contributed by atoms with E-state index in [0.717, 1.165) is 5.69 Å². The number of hydrogen-bond donors (Lipinski definition) is 3. The van der Waals surface area contributed by atoms with Crippen molar-refractivity contribution >= 4 is 34.6 Å². The van der Waals surface area contributed by atoms with E-state index in [2.05, 4.69) is 20.9 Å². The topological polar surface area (TPSA) is 83.1 Å². The van der Waals surface area contributed by atoms with E-state index in [4.69, 9.17) is 0 Å². The molecule has 0 saturated heterocycles. The van der Waals surface area contributed by atoms with E-state index < -0.39 is 0 Å². The Hall–Kier alpha value is -3.74. The highest BCUT2D eigenvalue weighted by Crippen LogP contribution is 2.21. The summed E-state index contributed by atoms with van der Waals surface area (Å²) in [5, 5.41) is 8.53. The zero-order valence-corrected chi connectivity index (χ0v) is 14.5. The van der Waals surface area contributed by atoms with Crippen molar-refractivity contribution in [1.82, 2.24) is 4.98 Å². The Kier molecular flexibility index (Phi) is 5.41. The Bertz CT molecular complexity index is 974. The number of halogens is 1. The predicted octanol–water partition coefficient (Wildman–Crippen LogP) is 4.18. The molecule has 7 heteroatoms. The van der Waals surface area contributed by atoms with Crippen molar-refractivity contribution < 1.29 is 14.0 Å². The number of hydrogen-bond acceptors (Lipinski definition) is 4. The van der Waals surface area contributed by atoms with Crippen LogP contribution < -0.4 is 16.0 Å². The molecule has 0 atom stereocenters. The van der Waals surface area contributed by atoms with E-state index in [1.54, 1.807) is 30.5 Å². The van der Waals surface area contributed by atoms with Gasteiger partial charge in [0.15, 0.2) is 0 Å². The standard InChI is InChI=1S/C20H17FN4O2/c1-13(26)23-17-3-2-4-18(10-17)24-19-9-14(11-22-12-19)20(27)25-16-7-5-15(21)6-8-16/h2-12,24H,1H3,(H,23,26)(H,25,27). The zero-order valence-electron chi connectivity index (χ0n) is 14.5. The highest BCUT2D eigenvalue weighted by atomic mass is 19.1. The summed E-state index contributed by atoms with van der Waals surface area (Å²) in [6.07, 6.45) is 3.03. The molecule has 2 aromatic carbocycles. The summed E-state index contributed by atoms with van der Waals surface area (Å²) in [7, 11) is 0. The second kappa shape index (κ2) is 8.09. The number of nitrogens with one attached hydrogen (secondary N) is 3. The number of anilines is 4. The molecular formula is C20H17FN4O2. The van der Waals surface area contributed by atoms with Gasteiger partial charge in [-0.25, -0.2) is 4.39 Å². The van der Waals surface area contributed by atoms with Gasteiger partial charge in [0.1, 0.15) is 5.82 Å². The van der Waals surface area contributed by atoms with Crippen molar-refractivity contribution in [2.75, 3.05) is 16.0 Å². The zero-order chi connectivity index (χ0) is 19.2. The molecule has 0 saturated carbocycles. The highest BCUT2D eigenvalue weighted by Gasteiger charge is 2.08. The SMILES string of the molecule is CC(=O)Nc1cccc(Nc2cncc(C(=O)Nc3ccc(F)cc3)c2)c1. The van der Waals surface area contributed by atoms with Crippen LogP contribution in [0.2, 0.25) is 0 Å². The van der Waals surface area contributed by atoms with Crippen LogP contribution in [-0.4, -0.2) is 16.8 Å². The maximum Gasteiger partial charge on any atom is 0.257 e. The van der Waals surface area contributed by atoms with Crippen molar-refractivity contribution in [3.05, 3.63) is 78.4 Å². The van der Waals surface area contributed by atoms with Crippen LogP contribution in [0, 0.1) is 5.82 Å². The lowest BCUT2D eigenvalue weighted by Crippen LogP contribution is -2.12. The molecule has 0 unspecified atom stereocenters. The van der Waals surface area contributed by atoms with Gasteiger partial charge in [-0.05, 0) is 48.5 Å². The number of pyridine rings is 1. The summed E-state index contributed by atoms with van der Waals surface area (Å²) in [4.78, 5) is 27.6. The van der Waals surface area contributed by atoms with Crippen molar-refractivity contribution in [1.29, 1.82) is 0 Å². The summed E-state index contributed by atoms with van der Waals surface area (Å²) in [5.74, 6) is -0.889. The van der Waals surface area contributed by atoms with Gasteiger partial charge in [0.2, 0.25) is 5.91 Å². The predicted molar refractivity (Wildman–Crippen MR) is 103 cm³/mol. The first-order valence-electron chi connectivity index (χ1n) is 8.16. The number of aromatic nitrogens is 1. The van der Waals surface area contributed by atoms with Gasteiger partial charge in [-0.2, -0.15) is 0 Å². The molecule has 0 spiro atoms. The number of amides is 2. The Morgan fingerprint density at radius 3 is 2.33 bits per heavy atom. The van der Waals surface area contributed by atoms with Gasteiger partial charge in [-0.15, -0.1) is 0 Å². The second-order valence-electron chi connectivity index (χ2n) is 5.81. The van der Waals surface area contributed by atoms with E-state index in [9.17, 15) is 14.0 Å². The van der Waals surface area contributed by atoms with Crippen molar-refractivity contribution in [2.24, 2.45) is 0 Å². The molecule has 3 N–H and O–H groups in total. The lowest BCUT2D eigenvalue weighted by molar-refractivity contribution is -0.114. The van der Waals surface area contributed by atoms with Crippen LogP contribution in [0.25, 0.3) is 0 Å². The molecule has 3 rings (SSSR count). The van der Waals surface area contributed by atoms with Gasteiger partial charge in [-0.1, -0.05) is 6.07 Å². The first-order valence-corrected chi connectivity index (χ1v) is 8.16. The molecule has 3 aromatic rings. The Morgan fingerprint density at radius 1 is 0.852 bits per heavy atom. The van der Waals surface area contributed by atoms with Crippen LogP contribution in [0.5, 0.6) is 0 Å². The monoisotopic (exact) mass is 364 g/mol. The average Bonchev–Trinajstić information content (AvgIpc) is 2.63. The van der Waals surface area contributed by atoms with E-state index in [0.29, 0.717) is 22.6 Å². The first kappa shape index (κ1) is 18.1. The van der Waals surface area contributed by atoms with Gasteiger partial charge in [-0.3, -0.25) is 14.6 Å². The highest BCUT2D eigenvalue weighted by molar-refractivity contribution is 6.04. The molecule has 0 aliphatic rings. The number of carbonyl (C=O) groups excluding carboxylic acids is 2. The smallest absolute Gasteiger partial charge is 0.257 e. The van der Waals surface area contributed by atoms with Crippen LogP contribution >= 0.6 is 0 Å². The van der Waals surface area contributed by atoms with Crippen molar-refractivity contribution in [3.8, 4) is 0 Å². The third-order valence-electron chi connectivity index (χ3n) is 3.57. The number of carbonyl (C=O) groups is 2. The summed E-state index contributed by atoms with van der Waals surface area (Å²) in [5.41, 5.74) is 2.84. The molecule has 1 heterocycles. The van der Waals surface area contributed by atoms with Crippen LogP contribution in [0.15, 0.2) is 67.0 Å². The van der Waals surface area contributed by atoms with Gasteiger partial charge >= 0.3 is 0 Å². The van der Waals surface area contributed by atoms with Crippen LogP contribution in [0.1, 0.15) is 17.3 Å². The maximum atomic E-state index is 13.0. The van der Waals surface area contributed by atoms with E-state index in [1.807, 2.05) is 6.07 Å². The van der Waals surface area contributed by atoms with Crippen LogP contribution in [0.3, 0.4) is 0 Å². The van der Waals surface area contributed by atoms with Crippen molar-refractivity contribution in [2.45, 2.75) is 6.92 Å². The second-order valence-corrected chi connectivity index (χ2v) is 5.81. The molecule has 6 nitrogen and oxygen atoms in total. The van der Waals surface area contributed by atoms with E-state index in [1.165, 1.54) is 37.4 Å². The molecule has 0 aliphatic heterocycles. The Balaban J connectivity index is 1.72. The average molecular weight is 364 g/mol. The van der Waals surface area contributed by atoms with Crippen LogP contribution in [-0.2, 0) is 4.79 Å². The summed E-state index contributed by atoms with van der Waals surface area (Å²) >= 11 is 0. The third kappa shape index (κ3) is 5.12. The van der Waals surface area contributed by atoms with Crippen LogP contribution in [0.4, 0.5) is 27.1 Å². The lowest BCUT2D eigenvalue weighted by Gasteiger charge is -2.10. The van der Waals surface area contributed by atoms with Gasteiger partial charge in [0.05, 0.1) is 17.4 Å². The number of benzene rings is 2. The molecule has 27 heavy (non-hydrogen) atoms. The van der Waals surface area contributed by atoms with Crippen molar-refractivity contribution in [3.63, 3.8) is 0 Å². The molecule has 0 radical (unpaired) electrons. The molecule has 0 fully saturated rings. The minimum Gasteiger partial charge on any atom is -0.354 e. The summed E-state index contributed by atoms with van der Waals surface area (Å²) in [6.45, 7) is 1.44. The molecule has 2 amide bonds. The number of rotatable bonds is 5. The molecule has 1 aromatic heterocycles. The molecule has 136 valence electrons. The quantitative estimate of drug-likeness (QED) is 0.634. The lowest BCUT2D eigenvalue weighted by atomic mass is 10.2. The Labute approximate surface area is 155 Å². The summed E-state index contributed by atoms with van der Waals surface area (Å²) < 4.78 is 13.0. The first-order chi connectivity index (χ1) is 13.0. The fourth-order valence-electron chi connectivity index (χ4n) is 2.41. The Morgan fingerprint density at radius 2 is 1.59 bits per heavy atom. The fourth-order valence-corrected chi connectivity index (χ4v) is 2.41. The normalized spacial score (nSPS) is 10.1. The van der Waals surface area contributed by atoms with E-state index in [-0.39, 0.29) is 17.6 Å². The molecular weight excluding hydrogens is 347 g/mol.